The zero-order chi connectivity index (χ0) is 18.5. The average molecular weight is 392 g/mol. The Labute approximate surface area is 157 Å². The van der Waals surface area contributed by atoms with Gasteiger partial charge in [-0.25, -0.2) is 9.97 Å². The zero-order valence-electron chi connectivity index (χ0n) is 13.2. The quantitative estimate of drug-likeness (QED) is 0.594. The van der Waals surface area contributed by atoms with Gasteiger partial charge in [-0.05, 0) is 12.1 Å². The molecule has 132 valence electrons. The second-order valence-corrected chi connectivity index (χ2v) is 6.52. The minimum Gasteiger partial charge on any atom is -0.321 e. The van der Waals surface area contributed by atoms with E-state index in [1.807, 2.05) is 30.3 Å². The van der Waals surface area contributed by atoms with Gasteiger partial charge in [0.05, 0.1) is 21.2 Å². The van der Waals surface area contributed by atoms with Crippen LogP contribution in [0.4, 0.5) is 14.5 Å². The monoisotopic (exact) mass is 391 g/mol. The lowest BCUT2D eigenvalue weighted by atomic mass is 10.2. The lowest BCUT2D eigenvalue weighted by Crippen LogP contribution is -2.13. The van der Waals surface area contributed by atoms with Gasteiger partial charge in [0.25, 0.3) is 11.7 Å². The highest BCUT2D eigenvalue weighted by Crippen LogP contribution is 2.37. The number of nitrogens with one attached hydrogen (secondary N) is 1. The first-order chi connectivity index (χ1) is 12.5. The van der Waals surface area contributed by atoms with Crippen LogP contribution < -0.4 is 5.32 Å². The van der Waals surface area contributed by atoms with E-state index in [1.165, 1.54) is 24.5 Å². The van der Waals surface area contributed by atoms with E-state index in [0.717, 1.165) is 5.56 Å². The number of carbonyl (C=O) groups is 1. The fourth-order valence-electron chi connectivity index (χ4n) is 2.19. The molecule has 3 rings (SSSR count). The summed E-state index contributed by atoms with van der Waals surface area (Å²) >= 11 is 6.24. The van der Waals surface area contributed by atoms with Crippen LogP contribution in [-0.2, 0) is 0 Å². The fourth-order valence-corrected chi connectivity index (χ4v) is 3.11. The maximum absolute atomic E-state index is 12.7. The van der Waals surface area contributed by atoms with Crippen LogP contribution in [0.2, 0.25) is 5.02 Å². The van der Waals surface area contributed by atoms with Crippen molar-refractivity contribution in [1.29, 1.82) is 0 Å². The number of halogens is 3. The second kappa shape index (κ2) is 8.25. The third-order valence-corrected chi connectivity index (χ3v) is 4.65. The normalized spacial score (nSPS) is 10.8. The molecular formula is C18H12ClF2N3OS. The molecule has 0 atom stereocenters. The average Bonchev–Trinajstić information content (AvgIpc) is 2.65. The Kier molecular flexibility index (Phi) is 5.80. The van der Waals surface area contributed by atoms with Crippen LogP contribution in [0.5, 0.6) is 0 Å². The molecule has 0 aliphatic rings. The molecule has 1 aromatic heterocycles. The lowest BCUT2D eigenvalue weighted by Gasteiger charge is -2.12. The van der Waals surface area contributed by atoms with Gasteiger partial charge in [-0.1, -0.05) is 59.8 Å². The number of anilines is 1. The first-order valence-corrected chi connectivity index (χ1v) is 8.72. The molecule has 0 saturated heterocycles. The minimum atomic E-state index is -2.65. The molecule has 1 N–H and O–H groups in total. The van der Waals surface area contributed by atoms with Crippen molar-refractivity contribution in [3.8, 4) is 11.4 Å². The summed E-state index contributed by atoms with van der Waals surface area (Å²) in [7, 11) is 0. The van der Waals surface area contributed by atoms with Gasteiger partial charge in [0.1, 0.15) is 0 Å². The van der Waals surface area contributed by atoms with Crippen LogP contribution in [0.1, 0.15) is 10.4 Å². The van der Waals surface area contributed by atoms with Crippen molar-refractivity contribution < 1.29 is 13.6 Å². The molecule has 3 aromatic rings. The maximum Gasteiger partial charge on any atom is 0.289 e. The molecule has 1 amide bonds. The molecule has 1 heterocycles. The Bertz CT molecular complexity index is 908. The number of aromatic nitrogens is 2. The molecular weight excluding hydrogens is 380 g/mol. The SMILES string of the molecule is O=C(Nc1cccc(Cl)c1SC(F)F)c1cnc(-c2ccccc2)nc1. The van der Waals surface area contributed by atoms with Crippen molar-refractivity contribution in [2.75, 3.05) is 5.32 Å². The summed E-state index contributed by atoms with van der Waals surface area (Å²) in [4.78, 5) is 20.8. The summed E-state index contributed by atoms with van der Waals surface area (Å²) in [5.41, 5.74) is 1.24. The Hall–Kier alpha value is -2.51. The Morgan fingerprint density at radius 2 is 1.73 bits per heavy atom. The number of nitrogens with zero attached hydrogens (tertiary/aromatic N) is 2. The van der Waals surface area contributed by atoms with Crippen molar-refractivity contribution in [3.63, 3.8) is 0 Å². The number of carbonyl (C=O) groups excluding carboxylic acids is 1. The number of benzene rings is 2. The van der Waals surface area contributed by atoms with Crippen molar-refractivity contribution in [3.05, 3.63) is 71.5 Å². The van der Waals surface area contributed by atoms with Gasteiger partial charge in [-0.15, -0.1) is 0 Å². The van der Waals surface area contributed by atoms with E-state index in [9.17, 15) is 13.6 Å². The van der Waals surface area contributed by atoms with E-state index in [-0.39, 0.29) is 32.9 Å². The van der Waals surface area contributed by atoms with Crippen LogP contribution in [0.25, 0.3) is 11.4 Å². The number of alkyl halides is 2. The standard InChI is InChI=1S/C18H12ClF2N3OS/c19-13-7-4-8-14(15(13)26-18(20)21)24-17(25)12-9-22-16(23-10-12)11-5-2-1-3-6-11/h1-10,18H,(H,24,25). The van der Waals surface area contributed by atoms with Crippen LogP contribution in [-0.4, -0.2) is 21.6 Å². The van der Waals surface area contributed by atoms with Crippen LogP contribution in [0, 0.1) is 0 Å². The largest absolute Gasteiger partial charge is 0.321 e. The van der Waals surface area contributed by atoms with Gasteiger partial charge in [-0.3, -0.25) is 4.79 Å². The number of hydrogen-bond donors (Lipinski definition) is 1. The molecule has 0 aliphatic carbocycles. The van der Waals surface area contributed by atoms with Crippen molar-refractivity contribution in [1.82, 2.24) is 9.97 Å². The van der Waals surface area contributed by atoms with E-state index in [0.29, 0.717) is 5.82 Å². The Balaban J connectivity index is 1.80. The van der Waals surface area contributed by atoms with Gasteiger partial charge < -0.3 is 5.32 Å². The van der Waals surface area contributed by atoms with E-state index < -0.39 is 11.7 Å². The van der Waals surface area contributed by atoms with Crippen LogP contribution in [0.3, 0.4) is 0 Å². The van der Waals surface area contributed by atoms with Crippen LogP contribution >= 0.6 is 23.4 Å². The summed E-state index contributed by atoms with van der Waals surface area (Å²) in [6.45, 7) is 0. The van der Waals surface area contributed by atoms with Gasteiger partial charge in [0, 0.05) is 18.0 Å². The predicted octanol–water partition coefficient (Wildman–Crippen LogP) is 5.36. The van der Waals surface area contributed by atoms with Gasteiger partial charge >= 0.3 is 0 Å². The number of rotatable bonds is 5. The molecule has 8 heteroatoms. The third kappa shape index (κ3) is 4.36. The molecule has 2 aromatic carbocycles. The molecule has 0 radical (unpaired) electrons. The van der Waals surface area contributed by atoms with E-state index in [4.69, 9.17) is 11.6 Å². The number of amides is 1. The molecule has 0 bridgehead atoms. The summed E-state index contributed by atoms with van der Waals surface area (Å²) in [5.74, 6) is -2.68. The highest BCUT2D eigenvalue weighted by Gasteiger charge is 2.16. The third-order valence-electron chi connectivity index (χ3n) is 3.37. The number of thioether (sulfide) groups is 1. The first kappa shape index (κ1) is 18.3. The van der Waals surface area contributed by atoms with Gasteiger partial charge in [-0.2, -0.15) is 8.78 Å². The lowest BCUT2D eigenvalue weighted by molar-refractivity contribution is 0.102. The highest BCUT2D eigenvalue weighted by molar-refractivity contribution is 7.99. The molecule has 26 heavy (non-hydrogen) atoms. The fraction of sp³-hybridized carbons (Fsp3) is 0.0556. The van der Waals surface area contributed by atoms with E-state index in [1.54, 1.807) is 6.07 Å². The topological polar surface area (TPSA) is 54.9 Å². The molecule has 0 unspecified atom stereocenters. The molecule has 0 spiro atoms. The number of hydrogen-bond acceptors (Lipinski definition) is 4. The summed E-state index contributed by atoms with van der Waals surface area (Å²) in [5, 5.41) is 2.72. The Morgan fingerprint density at radius 3 is 2.38 bits per heavy atom. The zero-order valence-corrected chi connectivity index (χ0v) is 14.8. The van der Waals surface area contributed by atoms with Crippen LogP contribution in [0.15, 0.2) is 65.8 Å². The summed E-state index contributed by atoms with van der Waals surface area (Å²) in [6, 6.07) is 13.9. The van der Waals surface area contributed by atoms with E-state index in [2.05, 4.69) is 15.3 Å². The minimum absolute atomic E-state index is 0.111. The van der Waals surface area contributed by atoms with Gasteiger partial charge in [0.2, 0.25) is 0 Å². The first-order valence-electron chi connectivity index (χ1n) is 7.47. The predicted molar refractivity (Wildman–Crippen MR) is 98.7 cm³/mol. The Morgan fingerprint density at radius 1 is 1.04 bits per heavy atom. The molecule has 0 fully saturated rings. The molecule has 0 aliphatic heterocycles. The molecule has 4 nitrogen and oxygen atoms in total. The highest BCUT2D eigenvalue weighted by atomic mass is 35.5. The van der Waals surface area contributed by atoms with E-state index >= 15 is 0 Å². The summed E-state index contributed by atoms with van der Waals surface area (Å²) in [6.07, 6.45) is 2.77. The second-order valence-electron chi connectivity index (χ2n) is 5.11. The molecule has 0 saturated carbocycles. The van der Waals surface area contributed by atoms with Crippen molar-refractivity contribution in [2.45, 2.75) is 10.7 Å². The maximum atomic E-state index is 12.7. The summed E-state index contributed by atoms with van der Waals surface area (Å²) < 4.78 is 25.4. The smallest absolute Gasteiger partial charge is 0.289 e. The van der Waals surface area contributed by atoms with Crippen molar-refractivity contribution in [2.24, 2.45) is 0 Å². The van der Waals surface area contributed by atoms with Gasteiger partial charge in [0.15, 0.2) is 5.82 Å². The van der Waals surface area contributed by atoms with Crippen molar-refractivity contribution >= 4 is 35.0 Å².